The van der Waals surface area contributed by atoms with E-state index in [9.17, 15) is 4.79 Å². The number of likely N-dealkylation sites (tertiary alicyclic amines) is 1. The zero-order valence-corrected chi connectivity index (χ0v) is 12.4. The van der Waals surface area contributed by atoms with Crippen LogP contribution in [0.5, 0.6) is 0 Å². The Kier molecular flexibility index (Phi) is 4.91. The summed E-state index contributed by atoms with van der Waals surface area (Å²) in [6.45, 7) is 6.49. The Balaban J connectivity index is 1.39. The van der Waals surface area contributed by atoms with Gasteiger partial charge in [0.15, 0.2) is 0 Å². The third kappa shape index (κ3) is 3.71. The SMILES string of the molecule is O=C(CN1CCC(N2CCOCC2)C1)NC1CCCC1. The molecule has 3 fully saturated rings. The number of nitrogens with zero attached hydrogens (tertiary/aromatic N) is 2. The van der Waals surface area contributed by atoms with Gasteiger partial charge in [0, 0.05) is 38.3 Å². The van der Waals surface area contributed by atoms with E-state index in [-0.39, 0.29) is 5.91 Å². The maximum atomic E-state index is 12.1. The molecule has 5 heteroatoms. The van der Waals surface area contributed by atoms with E-state index in [0.29, 0.717) is 18.6 Å². The number of ether oxygens (including phenoxy) is 1. The molecule has 114 valence electrons. The fourth-order valence-electron chi connectivity index (χ4n) is 3.74. The largest absolute Gasteiger partial charge is 0.379 e. The van der Waals surface area contributed by atoms with E-state index >= 15 is 0 Å². The van der Waals surface area contributed by atoms with Crippen molar-refractivity contribution in [3.63, 3.8) is 0 Å². The van der Waals surface area contributed by atoms with E-state index in [4.69, 9.17) is 4.74 Å². The van der Waals surface area contributed by atoms with Crippen LogP contribution in [0.2, 0.25) is 0 Å². The van der Waals surface area contributed by atoms with Crippen LogP contribution in [-0.4, -0.2) is 73.7 Å². The lowest BCUT2D eigenvalue weighted by Crippen LogP contribution is -2.46. The lowest BCUT2D eigenvalue weighted by molar-refractivity contribution is -0.122. The highest BCUT2D eigenvalue weighted by Gasteiger charge is 2.29. The topological polar surface area (TPSA) is 44.8 Å². The minimum atomic E-state index is 0.222. The summed E-state index contributed by atoms with van der Waals surface area (Å²) >= 11 is 0. The van der Waals surface area contributed by atoms with Crippen LogP contribution < -0.4 is 5.32 Å². The molecule has 0 radical (unpaired) electrons. The normalized spacial score (nSPS) is 29.9. The van der Waals surface area contributed by atoms with Crippen molar-refractivity contribution in [2.24, 2.45) is 0 Å². The second-order valence-corrected chi connectivity index (χ2v) is 6.37. The van der Waals surface area contributed by atoms with Crippen LogP contribution in [0.3, 0.4) is 0 Å². The van der Waals surface area contributed by atoms with Crippen molar-refractivity contribution < 1.29 is 9.53 Å². The van der Waals surface area contributed by atoms with Gasteiger partial charge >= 0.3 is 0 Å². The van der Waals surface area contributed by atoms with Crippen molar-refractivity contribution in [3.05, 3.63) is 0 Å². The molecule has 1 unspecified atom stereocenters. The van der Waals surface area contributed by atoms with E-state index < -0.39 is 0 Å². The lowest BCUT2D eigenvalue weighted by atomic mass is 10.2. The van der Waals surface area contributed by atoms with Gasteiger partial charge in [-0.05, 0) is 19.3 Å². The highest BCUT2D eigenvalue weighted by Crippen LogP contribution is 2.19. The predicted molar refractivity (Wildman–Crippen MR) is 77.6 cm³/mol. The lowest BCUT2D eigenvalue weighted by Gasteiger charge is -2.32. The Morgan fingerprint density at radius 3 is 2.60 bits per heavy atom. The van der Waals surface area contributed by atoms with Crippen LogP contribution >= 0.6 is 0 Å². The molecule has 2 heterocycles. The Morgan fingerprint density at radius 1 is 1.10 bits per heavy atom. The Hall–Kier alpha value is -0.650. The van der Waals surface area contributed by atoms with Gasteiger partial charge in [-0.1, -0.05) is 12.8 Å². The standard InChI is InChI=1S/C15H27N3O2/c19-15(16-13-3-1-2-4-13)12-17-6-5-14(11-17)18-7-9-20-10-8-18/h13-14H,1-12H2,(H,16,19). The molecule has 0 bridgehead atoms. The number of morpholine rings is 1. The second kappa shape index (κ2) is 6.87. The fourth-order valence-corrected chi connectivity index (χ4v) is 3.74. The fraction of sp³-hybridized carbons (Fsp3) is 0.933. The number of rotatable bonds is 4. The molecule has 0 aromatic carbocycles. The maximum Gasteiger partial charge on any atom is 0.234 e. The highest BCUT2D eigenvalue weighted by molar-refractivity contribution is 5.78. The van der Waals surface area contributed by atoms with Crippen LogP contribution in [0.1, 0.15) is 32.1 Å². The summed E-state index contributed by atoms with van der Waals surface area (Å²) in [5.41, 5.74) is 0. The number of carbonyl (C=O) groups is 1. The third-order valence-electron chi connectivity index (χ3n) is 4.90. The van der Waals surface area contributed by atoms with Crippen molar-refractivity contribution in [3.8, 4) is 0 Å². The molecule has 20 heavy (non-hydrogen) atoms. The first-order valence-electron chi connectivity index (χ1n) is 8.15. The van der Waals surface area contributed by atoms with E-state index in [1.54, 1.807) is 0 Å². The first-order chi connectivity index (χ1) is 9.81. The molecule has 1 amide bonds. The Morgan fingerprint density at radius 2 is 1.85 bits per heavy atom. The van der Waals surface area contributed by atoms with Crippen LogP contribution in [-0.2, 0) is 9.53 Å². The summed E-state index contributed by atoms with van der Waals surface area (Å²) in [7, 11) is 0. The number of carbonyl (C=O) groups excluding carboxylic acids is 1. The molecule has 1 saturated carbocycles. The summed E-state index contributed by atoms with van der Waals surface area (Å²) in [5, 5.41) is 3.19. The van der Waals surface area contributed by atoms with Crippen LogP contribution in [0.15, 0.2) is 0 Å². The minimum absolute atomic E-state index is 0.222. The van der Waals surface area contributed by atoms with Gasteiger partial charge in [0.25, 0.3) is 0 Å². The van der Waals surface area contributed by atoms with Crippen LogP contribution in [0.25, 0.3) is 0 Å². The van der Waals surface area contributed by atoms with E-state index in [2.05, 4.69) is 15.1 Å². The quantitative estimate of drug-likeness (QED) is 0.813. The van der Waals surface area contributed by atoms with E-state index in [1.165, 1.54) is 32.1 Å². The van der Waals surface area contributed by atoms with Crippen molar-refractivity contribution in [1.82, 2.24) is 15.1 Å². The van der Waals surface area contributed by atoms with E-state index in [1.807, 2.05) is 0 Å². The van der Waals surface area contributed by atoms with Crippen molar-refractivity contribution in [2.75, 3.05) is 45.9 Å². The summed E-state index contributed by atoms with van der Waals surface area (Å²) in [5.74, 6) is 0.222. The second-order valence-electron chi connectivity index (χ2n) is 6.37. The summed E-state index contributed by atoms with van der Waals surface area (Å²) in [6.07, 6.45) is 6.07. The maximum absolute atomic E-state index is 12.1. The zero-order chi connectivity index (χ0) is 13.8. The number of hydrogen-bond donors (Lipinski definition) is 1. The predicted octanol–water partition coefficient (Wildman–Crippen LogP) is 0.452. The molecule has 2 saturated heterocycles. The smallest absolute Gasteiger partial charge is 0.234 e. The molecule has 1 aliphatic carbocycles. The molecule has 1 N–H and O–H groups in total. The molecule has 0 spiro atoms. The molecular weight excluding hydrogens is 254 g/mol. The average molecular weight is 281 g/mol. The van der Waals surface area contributed by atoms with Gasteiger partial charge in [0.2, 0.25) is 5.91 Å². The molecule has 2 aliphatic heterocycles. The molecule has 0 aromatic rings. The molecule has 1 atom stereocenters. The Bertz CT molecular complexity index is 325. The summed E-state index contributed by atoms with van der Waals surface area (Å²) < 4.78 is 5.41. The van der Waals surface area contributed by atoms with Crippen molar-refractivity contribution in [2.45, 2.75) is 44.2 Å². The number of amides is 1. The van der Waals surface area contributed by atoms with Crippen LogP contribution in [0.4, 0.5) is 0 Å². The van der Waals surface area contributed by atoms with Gasteiger partial charge in [-0.3, -0.25) is 14.6 Å². The third-order valence-corrected chi connectivity index (χ3v) is 4.90. The van der Waals surface area contributed by atoms with Crippen molar-refractivity contribution >= 4 is 5.91 Å². The minimum Gasteiger partial charge on any atom is -0.379 e. The highest BCUT2D eigenvalue weighted by atomic mass is 16.5. The first-order valence-corrected chi connectivity index (χ1v) is 8.15. The summed E-state index contributed by atoms with van der Waals surface area (Å²) in [6, 6.07) is 1.07. The van der Waals surface area contributed by atoms with Gasteiger partial charge in [-0.25, -0.2) is 0 Å². The van der Waals surface area contributed by atoms with E-state index in [0.717, 1.165) is 39.4 Å². The van der Waals surface area contributed by atoms with Gasteiger partial charge in [0.1, 0.15) is 0 Å². The molecule has 0 aromatic heterocycles. The molecular formula is C15H27N3O2. The average Bonchev–Trinajstić information content (AvgIpc) is 3.11. The number of hydrogen-bond acceptors (Lipinski definition) is 4. The monoisotopic (exact) mass is 281 g/mol. The van der Waals surface area contributed by atoms with Crippen molar-refractivity contribution in [1.29, 1.82) is 0 Å². The molecule has 3 rings (SSSR count). The van der Waals surface area contributed by atoms with Gasteiger partial charge in [-0.2, -0.15) is 0 Å². The van der Waals surface area contributed by atoms with Crippen LogP contribution in [0, 0.1) is 0 Å². The Labute approximate surface area is 121 Å². The van der Waals surface area contributed by atoms with Gasteiger partial charge in [0.05, 0.1) is 19.8 Å². The summed E-state index contributed by atoms with van der Waals surface area (Å²) in [4.78, 5) is 16.9. The van der Waals surface area contributed by atoms with Gasteiger partial charge < -0.3 is 10.1 Å². The molecule has 5 nitrogen and oxygen atoms in total. The first kappa shape index (κ1) is 14.3. The zero-order valence-electron chi connectivity index (χ0n) is 12.4. The molecule has 3 aliphatic rings. The van der Waals surface area contributed by atoms with Gasteiger partial charge in [-0.15, -0.1) is 0 Å². The number of nitrogens with one attached hydrogen (secondary N) is 1.